The number of hydrogen-bond acceptors (Lipinski definition) is 2. The number of hydrogen-bond donors (Lipinski definition) is 1. The van der Waals surface area contributed by atoms with E-state index in [9.17, 15) is 0 Å². The van der Waals surface area contributed by atoms with Gasteiger partial charge in [-0.15, -0.1) is 11.3 Å². The summed E-state index contributed by atoms with van der Waals surface area (Å²) in [6, 6.07) is 75.7. The van der Waals surface area contributed by atoms with Gasteiger partial charge >= 0.3 is 0 Å². The molecule has 0 spiro atoms. The highest BCUT2D eigenvalue weighted by Crippen LogP contribution is 2.47. The van der Waals surface area contributed by atoms with Gasteiger partial charge in [0.25, 0.3) is 0 Å². The van der Waals surface area contributed by atoms with Crippen LogP contribution in [-0.2, 0) is 6.42 Å². The molecule has 1 N–H and O–H groups in total. The standard InChI is InChI=1S/C61H43N3S.2C2H6/c1-39-23-35-57-52(37-39)53-38-43(28-36-58(53)65-57)40-24-29-45(30-25-40)63(56-34-33-47(41-13-4-2-5-14-41)60-59(56)51-18-8-10-21-54(51)62-60)46-31-26-42(27-32-46)48-19-12-20-50-49-17-9-11-22-55(49)64(61(48)50)44-15-6-3-7-16-44;2*1-2/h2-22,24-34,36-38,62H,23,35H2,1H3;2*1-2H3. The molecule has 1 aliphatic carbocycles. The number of nitrogens with one attached hydrogen (secondary N) is 1. The zero-order valence-corrected chi connectivity index (χ0v) is 40.7. The van der Waals surface area contributed by atoms with Crippen molar-refractivity contribution in [3.05, 3.63) is 222 Å². The molecule has 3 nitrogen and oxygen atoms in total. The Labute approximate surface area is 409 Å². The minimum Gasteiger partial charge on any atom is -0.354 e. The maximum atomic E-state index is 3.86. The third-order valence-electron chi connectivity index (χ3n) is 13.5. The summed E-state index contributed by atoms with van der Waals surface area (Å²) in [6.45, 7) is 10.3. The van der Waals surface area contributed by atoms with Crippen molar-refractivity contribution in [2.75, 3.05) is 4.90 Å². The van der Waals surface area contributed by atoms with Crippen LogP contribution in [-0.4, -0.2) is 9.55 Å². The Hall–Kier alpha value is -7.92. The molecule has 12 aromatic rings. The van der Waals surface area contributed by atoms with Gasteiger partial charge in [-0.25, -0.2) is 0 Å². The van der Waals surface area contributed by atoms with Crippen LogP contribution in [0.3, 0.4) is 0 Å². The summed E-state index contributed by atoms with van der Waals surface area (Å²) in [5.74, 6) is 0. The van der Waals surface area contributed by atoms with E-state index in [1.807, 2.05) is 39.0 Å². The molecule has 0 radical (unpaired) electrons. The van der Waals surface area contributed by atoms with E-state index in [1.165, 1.54) is 92.1 Å². The number of aryl methyl sites for hydroxylation is 1. The van der Waals surface area contributed by atoms with Gasteiger partial charge in [0.15, 0.2) is 0 Å². The number of aromatic amines is 1. The van der Waals surface area contributed by atoms with Crippen molar-refractivity contribution in [2.45, 2.75) is 47.5 Å². The van der Waals surface area contributed by atoms with Crippen LogP contribution in [0.1, 0.15) is 51.5 Å². The van der Waals surface area contributed by atoms with Crippen molar-refractivity contribution >= 4 is 88.2 Å². The molecular formula is C65H55N3S. The van der Waals surface area contributed by atoms with Crippen molar-refractivity contribution in [3.63, 3.8) is 0 Å². The molecule has 336 valence electrons. The second-order valence-electron chi connectivity index (χ2n) is 17.4. The summed E-state index contributed by atoms with van der Waals surface area (Å²) in [7, 11) is 0. The zero-order chi connectivity index (χ0) is 47.0. The summed E-state index contributed by atoms with van der Waals surface area (Å²) in [4.78, 5) is 7.81. The Bertz CT molecular complexity index is 3810. The number of fused-ring (bicyclic) bond motifs is 9. The van der Waals surface area contributed by atoms with Crippen LogP contribution in [0.25, 0.3) is 98.8 Å². The van der Waals surface area contributed by atoms with E-state index in [2.05, 4.69) is 234 Å². The molecule has 0 aliphatic heterocycles. The number of allylic oxidation sites excluding steroid dienone is 1. The molecule has 69 heavy (non-hydrogen) atoms. The van der Waals surface area contributed by atoms with Crippen molar-refractivity contribution in [1.82, 2.24) is 9.55 Å². The highest BCUT2D eigenvalue weighted by molar-refractivity contribution is 7.19. The largest absolute Gasteiger partial charge is 0.354 e. The van der Waals surface area contributed by atoms with Crippen LogP contribution in [0.5, 0.6) is 0 Å². The molecular weight excluding hydrogens is 855 g/mol. The lowest BCUT2D eigenvalue weighted by Gasteiger charge is -2.27. The number of para-hydroxylation sites is 4. The number of benzene rings is 9. The van der Waals surface area contributed by atoms with Crippen molar-refractivity contribution in [3.8, 4) is 39.1 Å². The summed E-state index contributed by atoms with van der Waals surface area (Å²) >= 11 is 1.95. The molecule has 9 aromatic carbocycles. The van der Waals surface area contributed by atoms with E-state index >= 15 is 0 Å². The van der Waals surface area contributed by atoms with Gasteiger partial charge in [0.1, 0.15) is 0 Å². The predicted molar refractivity (Wildman–Crippen MR) is 301 cm³/mol. The molecule has 0 bridgehead atoms. The Balaban J connectivity index is 0.00000127. The van der Waals surface area contributed by atoms with Gasteiger partial charge in [0, 0.05) is 70.2 Å². The van der Waals surface area contributed by atoms with E-state index in [4.69, 9.17) is 0 Å². The quantitative estimate of drug-likeness (QED) is 0.169. The molecule has 13 rings (SSSR count). The summed E-state index contributed by atoms with van der Waals surface area (Å²) in [5.41, 5.74) is 19.2. The lowest BCUT2D eigenvalue weighted by atomic mass is 9.95. The lowest BCUT2D eigenvalue weighted by molar-refractivity contribution is 0.950. The molecule has 0 amide bonds. The molecule has 4 heteroatoms. The van der Waals surface area contributed by atoms with E-state index in [0.717, 1.165) is 46.6 Å². The van der Waals surface area contributed by atoms with Gasteiger partial charge in [0.05, 0.1) is 22.2 Å². The molecule has 3 heterocycles. The van der Waals surface area contributed by atoms with Crippen LogP contribution < -0.4 is 4.90 Å². The second kappa shape index (κ2) is 18.6. The maximum Gasteiger partial charge on any atom is 0.0619 e. The van der Waals surface area contributed by atoms with Gasteiger partial charge in [-0.05, 0) is 114 Å². The van der Waals surface area contributed by atoms with Crippen LogP contribution in [0, 0.1) is 0 Å². The second-order valence-corrected chi connectivity index (χ2v) is 18.5. The van der Waals surface area contributed by atoms with Crippen LogP contribution in [0.2, 0.25) is 0 Å². The summed E-state index contributed by atoms with van der Waals surface area (Å²) < 4.78 is 3.79. The number of rotatable bonds is 7. The average molecular weight is 910 g/mol. The number of nitrogens with zero attached hydrogens (tertiary/aromatic N) is 2. The number of anilines is 3. The van der Waals surface area contributed by atoms with Gasteiger partial charge in [-0.2, -0.15) is 0 Å². The normalized spacial score (nSPS) is 12.1. The summed E-state index contributed by atoms with van der Waals surface area (Å²) in [6.07, 6.45) is 4.70. The van der Waals surface area contributed by atoms with Gasteiger partial charge in [0.2, 0.25) is 0 Å². The average Bonchev–Trinajstić information content (AvgIpc) is 4.11. The fourth-order valence-corrected chi connectivity index (χ4v) is 11.6. The van der Waals surface area contributed by atoms with Gasteiger partial charge < -0.3 is 14.5 Å². The molecule has 0 fully saturated rings. The highest BCUT2D eigenvalue weighted by atomic mass is 32.1. The van der Waals surface area contributed by atoms with Crippen molar-refractivity contribution in [1.29, 1.82) is 0 Å². The molecule has 0 unspecified atom stereocenters. The van der Waals surface area contributed by atoms with Crippen LogP contribution in [0.15, 0.2) is 212 Å². The third kappa shape index (κ3) is 7.62. The van der Waals surface area contributed by atoms with Crippen LogP contribution in [0.4, 0.5) is 17.1 Å². The molecule has 0 atom stereocenters. The first-order valence-corrected chi connectivity index (χ1v) is 25.4. The van der Waals surface area contributed by atoms with Gasteiger partial charge in [-0.3, -0.25) is 0 Å². The highest BCUT2D eigenvalue weighted by Gasteiger charge is 2.23. The van der Waals surface area contributed by atoms with Crippen LogP contribution >= 0.6 is 11.3 Å². The fourth-order valence-electron chi connectivity index (χ4n) is 10.4. The molecule has 0 saturated heterocycles. The van der Waals surface area contributed by atoms with E-state index in [0.29, 0.717) is 0 Å². The Morgan fingerprint density at radius 1 is 0.493 bits per heavy atom. The lowest BCUT2D eigenvalue weighted by Crippen LogP contribution is -2.10. The maximum absolute atomic E-state index is 3.86. The fraction of sp³-hybridized carbons (Fsp3) is 0.108. The Morgan fingerprint density at radius 2 is 1.12 bits per heavy atom. The van der Waals surface area contributed by atoms with E-state index in [-0.39, 0.29) is 0 Å². The molecule has 0 saturated carbocycles. The Morgan fingerprint density at radius 3 is 1.87 bits per heavy atom. The first-order chi connectivity index (χ1) is 34.1. The smallest absolute Gasteiger partial charge is 0.0619 e. The minimum atomic E-state index is 1.09. The van der Waals surface area contributed by atoms with E-state index < -0.39 is 0 Å². The van der Waals surface area contributed by atoms with Crippen molar-refractivity contribution in [2.24, 2.45) is 0 Å². The molecule has 1 aliphatic rings. The topological polar surface area (TPSA) is 24.0 Å². The summed E-state index contributed by atoms with van der Waals surface area (Å²) in [5, 5.41) is 6.27. The first kappa shape index (κ1) is 43.6. The first-order valence-electron chi connectivity index (χ1n) is 24.5. The number of thiophene rings is 1. The Kier molecular flexibility index (Phi) is 11.8. The van der Waals surface area contributed by atoms with E-state index in [1.54, 1.807) is 0 Å². The number of aromatic nitrogens is 2. The SMILES string of the molecule is CC.CC.CC1=Cc2c(sc3ccc(-c4ccc(N(c5ccc(-c6cccc7c8ccccc8n(-c8ccccc8)c67)cc5)c5ccc(-c6ccccc6)c6[nH]c7ccccc7c56)cc4)cc23)CC1. The number of H-pyrrole nitrogens is 1. The molecule has 3 aromatic heterocycles. The minimum absolute atomic E-state index is 1.09. The van der Waals surface area contributed by atoms with Crippen molar-refractivity contribution < 1.29 is 0 Å². The van der Waals surface area contributed by atoms with Gasteiger partial charge in [-0.1, -0.05) is 179 Å². The predicted octanol–water partition coefficient (Wildman–Crippen LogP) is 19.5. The third-order valence-corrected chi connectivity index (χ3v) is 14.8. The zero-order valence-electron chi connectivity index (χ0n) is 39.9. The monoisotopic (exact) mass is 909 g/mol.